The van der Waals surface area contributed by atoms with Crippen molar-refractivity contribution in [3.63, 3.8) is 0 Å². The van der Waals surface area contributed by atoms with Crippen molar-refractivity contribution in [2.24, 2.45) is 11.8 Å². The quantitative estimate of drug-likeness (QED) is 0.556. The SMILES string of the molecule is CC(C)CS(=O)(=O)N1CC(Nc2ncccc2-c2cnc3[nH]ccc3n2)CC(C(F)(F)F)C1. The second-order valence-electron chi connectivity index (χ2n) is 8.67. The Hall–Kier alpha value is -2.73. The number of anilines is 1. The van der Waals surface area contributed by atoms with E-state index in [2.05, 4.69) is 25.3 Å². The lowest BCUT2D eigenvalue weighted by Gasteiger charge is -2.38. The van der Waals surface area contributed by atoms with Gasteiger partial charge < -0.3 is 10.3 Å². The normalized spacial score (nSPS) is 20.4. The highest BCUT2D eigenvalue weighted by Crippen LogP contribution is 2.36. The van der Waals surface area contributed by atoms with Crippen LogP contribution in [0.2, 0.25) is 0 Å². The van der Waals surface area contributed by atoms with Gasteiger partial charge >= 0.3 is 6.18 Å². The van der Waals surface area contributed by atoms with Gasteiger partial charge in [0.25, 0.3) is 0 Å². The lowest BCUT2D eigenvalue weighted by atomic mass is 9.95. The number of pyridine rings is 1. The van der Waals surface area contributed by atoms with Gasteiger partial charge in [-0.1, -0.05) is 13.8 Å². The monoisotopic (exact) mass is 482 g/mol. The van der Waals surface area contributed by atoms with Gasteiger partial charge in [0.2, 0.25) is 10.0 Å². The minimum atomic E-state index is -4.51. The second kappa shape index (κ2) is 8.90. The molecule has 33 heavy (non-hydrogen) atoms. The van der Waals surface area contributed by atoms with Crippen LogP contribution in [0.25, 0.3) is 22.4 Å². The third-order valence-electron chi connectivity index (χ3n) is 5.50. The molecule has 0 radical (unpaired) electrons. The van der Waals surface area contributed by atoms with Crippen LogP contribution in [-0.2, 0) is 10.0 Å². The molecular formula is C21H25F3N6O2S. The Kier molecular flexibility index (Phi) is 6.32. The van der Waals surface area contributed by atoms with Gasteiger partial charge in [0.15, 0.2) is 5.65 Å². The van der Waals surface area contributed by atoms with Crippen molar-refractivity contribution in [2.75, 3.05) is 24.2 Å². The smallest absolute Gasteiger partial charge is 0.365 e. The lowest BCUT2D eigenvalue weighted by Crippen LogP contribution is -2.53. The molecule has 2 atom stereocenters. The first kappa shape index (κ1) is 23.4. The van der Waals surface area contributed by atoms with Gasteiger partial charge in [-0.15, -0.1) is 0 Å². The summed E-state index contributed by atoms with van der Waals surface area (Å²) in [6.07, 6.45) is 0.0208. The van der Waals surface area contributed by atoms with E-state index in [1.165, 1.54) is 6.20 Å². The molecule has 0 bridgehead atoms. The number of nitrogens with one attached hydrogen (secondary N) is 2. The van der Waals surface area contributed by atoms with Gasteiger partial charge in [-0.3, -0.25) is 0 Å². The van der Waals surface area contributed by atoms with Crippen LogP contribution in [0.1, 0.15) is 20.3 Å². The number of nitrogens with zero attached hydrogens (tertiary/aromatic N) is 4. The summed E-state index contributed by atoms with van der Waals surface area (Å²) in [7, 11) is -3.83. The maximum atomic E-state index is 13.7. The van der Waals surface area contributed by atoms with Crippen molar-refractivity contribution in [3.05, 3.63) is 36.8 Å². The number of aromatic nitrogens is 4. The predicted molar refractivity (Wildman–Crippen MR) is 119 cm³/mol. The first-order valence-electron chi connectivity index (χ1n) is 10.6. The van der Waals surface area contributed by atoms with Crippen LogP contribution in [0.15, 0.2) is 36.8 Å². The lowest BCUT2D eigenvalue weighted by molar-refractivity contribution is -0.183. The average molecular weight is 483 g/mol. The molecule has 0 amide bonds. The number of hydrogen-bond acceptors (Lipinski definition) is 6. The van der Waals surface area contributed by atoms with E-state index in [4.69, 9.17) is 0 Å². The highest BCUT2D eigenvalue weighted by atomic mass is 32.2. The summed E-state index contributed by atoms with van der Waals surface area (Å²) in [5, 5.41) is 3.05. The fourth-order valence-corrected chi connectivity index (χ4v) is 5.90. The average Bonchev–Trinajstić information content (AvgIpc) is 3.20. The van der Waals surface area contributed by atoms with Gasteiger partial charge in [0.1, 0.15) is 11.3 Å². The van der Waals surface area contributed by atoms with Crippen molar-refractivity contribution < 1.29 is 21.6 Å². The number of piperidine rings is 1. The van der Waals surface area contributed by atoms with E-state index in [-0.39, 0.29) is 24.6 Å². The molecule has 178 valence electrons. The molecule has 2 N–H and O–H groups in total. The molecule has 8 nitrogen and oxygen atoms in total. The van der Waals surface area contributed by atoms with E-state index in [0.29, 0.717) is 28.2 Å². The number of alkyl halides is 3. The van der Waals surface area contributed by atoms with Crippen molar-refractivity contribution >= 4 is 27.0 Å². The minimum absolute atomic E-state index is 0.0693. The summed E-state index contributed by atoms with van der Waals surface area (Å²) < 4.78 is 67.4. The molecule has 12 heteroatoms. The van der Waals surface area contributed by atoms with E-state index >= 15 is 0 Å². The van der Waals surface area contributed by atoms with Gasteiger partial charge in [0.05, 0.1) is 23.6 Å². The summed E-state index contributed by atoms with van der Waals surface area (Å²) in [6, 6.07) is 4.43. The number of fused-ring (bicyclic) bond motifs is 1. The van der Waals surface area contributed by atoms with E-state index in [9.17, 15) is 21.6 Å². The van der Waals surface area contributed by atoms with Crippen LogP contribution in [0, 0.1) is 11.8 Å². The summed E-state index contributed by atoms with van der Waals surface area (Å²) in [6.45, 7) is 2.81. The third kappa shape index (κ3) is 5.27. The Morgan fingerprint density at radius 1 is 1.24 bits per heavy atom. The Morgan fingerprint density at radius 3 is 2.76 bits per heavy atom. The number of halogens is 3. The maximum absolute atomic E-state index is 13.7. The van der Waals surface area contributed by atoms with Crippen LogP contribution in [0.3, 0.4) is 0 Å². The van der Waals surface area contributed by atoms with E-state index in [1.807, 2.05) is 0 Å². The summed E-state index contributed by atoms with van der Waals surface area (Å²) in [5.41, 5.74) is 2.33. The van der Waals surface area contributed by atoms with Gasteiger partial charge in [-0.25, -0.2) is 23.4 Å². The second-order valence-corrected chi connectivity index (χ2v) is 10.7. The largest absolute Gasteiger partial charge is 0.393 e. The highest BCUT2D eigenvalue weighted by molar-refractivity contribution is 7.89. The number of aromatic amines is 1. The molecule has 1 aliphatic rings. The highest BCUT2D eigenvalue weighted by Gasteiger charge is 2.47. The Morgan fingerprint density at radius 2 is 2.03 bits per heavy atom. The minimum Gasteiger partial charge on any atom is -0.365 e. The van der Waals surface area contributed by atoms with Crippen LogP contribution in [0.4, 0.5) is 19.0 Å². The molecule has 4 rings (SSSR count). The molecule has 1 aliphatic heterocycles. The number of H-pyrrole nitrogens is 1. The standard InChI is InChI=1S/C21H25F3N6O2S/c1-13(2)12-33(31,32)30-10-14(21(22,23)24)8-15(11-30)28-19-16(4-3-6-25-19)18-9-27-20-17(29-18)5-7-26-20/h3-7,9,13-15H,8,10-12H2,1-2H3,(H,25,28)(H,26,27). The van der Waals surface area contributed by atoms with Gasteiger partial charge in [-0.05, 0) is 30.5 Å². The molecule has 0 aromatic carbocycles. The molecule has 3 aromatic rings. The molecule has 2 unspecified atom stereocenters. The van der Waals surface area contributed by atoms with Crippen LogP contribution in [0.5, 0.6) is 0 Å². The topological polar surface area (TPSA) is 104 Å². The molecule has 4 heterocycles. The molecule has 0 aliphatic carbocycles. The Labute approximate surface area is 189 Å². The zero-order valence-electron chi connectivity index (χ0n) is 18.2. The third-order valence-corrected chi connectivity index (χ3v) is 7.68. The van der Waals surface area contributed by atoms with Gasteiger partial charge in [-0.2, -0.15) is 17.5 Å². The van der Waals surface area contributed by atoms with Crippen molar-refractivity contribution in [2.45, 2.75) is 32.5 Å². The predicted octanol–water partition coefficient (Wildman–Crippen LogP) is 3.67. The Balaban J connectivity index is 1.63. The summed E-state index contributed by atoms with van der Waals surface area (Å²) in [4.78, 5) is 16.1. The Bertz CT molecular complexity index is 1230. The fourth-order valence-electron chi connectivity index (χ4n) is 4.03. The van der Waals surface area contributed by atoms with Crippen molar-refractivity contribution in [1.29, 1.82) is 0 Å². The fraction of sp³-hybridized carbons (Fsp3) is 0.476. The van der Waals surface area contributed by atoms with E-state index < -0.39 is 34.7 Å². The zero-order valence-corrected chi connectivity index (χ0v) is 19.0. The van der Waals surface area contributed by atoms with Crippen LogP contribution >= 0.6 is 0 Å². The maximum Gasteiger partial charge on any atom is 0.393 e. The van der Waals surface area contributed by atoms with Crippen molar-refractivity contribution in [1.82, 2.24) is 24.2 Å². The molecule has 3 aromatic heterocycles. The van der Waals surface area contributed by atoms with Crippen LogP contribution < -0.4 is 5.32 Å². The number of rotatable bonds is 6. The van der Waals surface area contributed by atoms with Crippen molar-refractivity contribution in [3.8, 4) is 11.3 Å². The number of sulfonamides is 1. The zero-order chi connectivity index (χ0) is 23.8. The van der Waals surface area contributed by atoms with Crippen LogP contribution in [-0.4, -0.2) is 63.7 Å². The number of hydrogen-bond donors (Lipinski definition) is 2. The van der Waals surface area contributed by atoms with E-state index in [1.54, 1.807) is 44.4 Å². The molecular weight excluding hydrogens is 457 g/mol. The first-order chi connectivity index (χ1) is 15.5. The van der Waals surface area contributed by atoms with E-state index in [0.717, 1.165) is 4.31 Å². The molecule has 0 spiro atoms. The summed E-state index contributed by atoms with van der Waals surface area (Å²) >= 11 is 0. The molecule has 0 saturated carbocycles. The molecule has 1 fully saturated rings. The van der Waals surface area contributed by atoms with Gasteiger partial charge in [0, 0.05) is 37.1 Å². The first-order valence-corrected chi connectivity index (χ1v) is 12.2. The summed E-state index contributed by atoms with van der Waals surface area (Å²) in [5.74, 6) is -1.84. The molecule has 1 saturated heterocycles.